The fourth-order valence-corrected chi connectivity index (χ4v) is 2.17. The van der Waals surface area contributed by atoms with Crippen LogP contribution in [0.5, 0.6) is 5.75 Å². The Morgan fingerprint density at radius 1 is 1.47 bits per heavy atom. The van der Waals surface area contributed by atoms with Gasteiger partial charge in [0.2, 0.25) is 0 Å². The highest BCUT2D eigenvalue weighted by molar-refractivity contribution is 5.29. The van der Waals surface area contributed by atoms with Crippen molar-refractivity contribution in [2.24, 2.45) is 11.7 Å². The van der Waals surface area contributed by atoms with Gasteiger partial charge in [0.25, 0.3) is 0 Å². The smallest absolute Gasteiger partial charge is 0.165 e. The van der Waals surface area contributed by atoms with Crippen molar-refractivity contribution in [3.05, 3.63) is 29.6 Å². The van der Waals surface area contributed by atoms with Crippen molar-refractivity contribution in [2.45, 2.75) is 38.1 Å². The lowest BCUT2D eigenvalue weighted by molar-refractivity contribution is 0.386. The number of halogens is 1. The van der Waals surface area contributed by atoms with Crippen molar-refractivity contribution in [2.75, 3.05) is 7.11 Å². The number of benzene rings is 1. The van der Waals surface area contributed by atoms with Crippen molar-refractivity contribution in [1.29, 1.82) is 0 Å². The van der Waals surface area contributed by atoms with E-state index in [-0.39, 0.29) is 5.82 Å². The molecule has 1 atom stereocenters. The molecule has 0 saturated heterocycles. The zero-order valence-corrected chi connectivity index (χ0v) is 10.3. The molecule has 0 aromatic heterocycles. The van der Waals surface area contributed by atoms with E-state index in [9.17, 15) is 4.39 Å². The number of rotatable bonds is 6. The molecular formula is C14H20FNO. The minimum absolute atomic E-state index is 0.281. The van der Waals surface area contributed by atoms with E-state index in [1.165, 1.54) is 20.0 Å². The van der Waals surface area contributed by atoms with Gasteiger partial charge in [-0.2, -0.15) is 0 Å². The average Bonchev–Trinajstić information content (AvgIpc) is 3.13. The van der Waals surface area contributed by atoms with Crippen LogP contribution in [0.25, 0.3) is 0 Å². The summed E-state index contributed by atoms with van der Waals surface area (Å²) in [6.07, 6.45) is 5.54. The van der Waals surface area contributed by atoms with Gasteiger partial charge in [-0.25, -0.2) is 4.39 Å². The van der Waals surface area contributed by atoms with Gasteiger partial charge in [0.1, 0.15) is 0 Å². The molecule has 2 N–H and O–H groups in total. The molecular weight excluding hydrogens is 217 g/mol. The summed E-state index contributed by atoms with van der Waals surface area (Å²) >= 11 is 0. The minimum atomic E-state index is -0.281. The molecule has 1 aliphatic carbocycles. The molecule has 0 spiro atoms. The number of hydrogen-bond acceptors (Lipinski definition) is 2. The third-order valence-electron chi connectivity index (χ3n) is 3.45. The second kappa shape index (κ2) is 5.50. The Balaban J connectivity index is 1.80. The zero-order chi connectivity index (χ0) is 12.3. The maximum atomic E-state index is 13.4. The third-order valence-corrected chi connectivity index (χ3v) is 3.45. The van der Waals surface area contributed by atoms with Crippen molar-refractivity contribution < 1.29 is 9.13 Å². The summed E-state index contributed by atoms with van der Waals surface area (Å²) in [6.45, 7) is 0. The van der Waals surface area contributed by atoms with Crippen molar-refractivity contribution in [3.63, 3.8) is 0 Å². The number of methoxy groups -OCH3 is 1. The van der Waals surface area contributed by atoms with Crippen LogP contribution in [0.15, 0.2) is 18.2 Å². The minimum Gasteiger partial charge on any atom is -0.494 e. The molecule has 1 unspecified atom stereocenters. The topological polar surface area (TPSA) is 35.2 Å². The van der Waals surface area contributed by atoms with Gasteiger partial charge >= 0.3 is 0 Å². The Bertz CT molecular complexity index is 376. The van der Waals surface area contributed by atoms with Gasteiger partial charge in [0, 0.05) is 6.04 Å². The molecule has 1 fully saturated rings. The molecule has 0 aliphatic heterocycles. The van der Waals surface area contributed by atoms with Crippen molar-refractivity contribution >= 4 is 0 Å². The average molecular weight is 237 g/mol. The number of ether oxygens (including phenoxy) is 1. The maximum Gasteiger partial charge on any atom is 0.165 e. The number of aryl methyl sites for hydroxylation is 1. The van der Waals surface area contributed by atoms with Gasteiger partial charge in [0.05, 0.1) is 7.11 Å². The monoisotopic (exact) mass is 237 g/mol. The first kappa shape index (κ1) is 12.4. The van der Waals surface area contributed by atoms with Crippen LogP contribution in [0.2, 0.25) is 0 Å². The lowest BCUT2D eigenvalue weighted by Crippen LogP contribution is -2.22. The fraction of sp³-hybridized carbons (Fsp3) is 0.571. The Kier molecular flexibility index (Phi) is 4.00. The van der Waals surface area contributed by atoms with E-state index >= 15 is 0 Å². The summed E-state index contributed by atoms with van der Waals surface area (Å²) < 4.78 is 18.3. The molecule has 2 rings (SSSR count). The Morgan fingerprint density at radius 2 is 2.24 bits per heavy atom. The van der Waals surface area contributed by atoms with Crippen LogP contribution in [0.4, 0.5) is 4.39 Å². The van der Waals surface area contributed by atoms with Crippen LogP contribution in [0.3, 0.4) is 0 Å². The molecule has 0 heterocycles. The van der Waals surface area contributed by atoms with E-state index in [2.05, 4.69) is 0 Å². The molecule has 2 nitrogen and oxygen atoms in total. The number of hydrogen-bond donors (Lipinski definition) is 1. The Hall–Kier alpha value is -1.09. The van der Waals surface area contributed by atoms with Gasteiger partial charge in [-0.05, 0) is 55.7 Å². The molecule has 1 aliphatic rings. The highest BCUT2D eigenvalue weighted by atomic mass is 19.1. The summed E-state index contributed by atoms with van der Waals surface area (Å²) in [5.74, 6) is 0.780. The van der Waals surface area contributed by atoms with Crippen LogP contribution in [-0.4, -0.2) is 13.2 Å². The van der Waals surface area contributed by atoms with Gasteiger partial charge < -0.3 is 10.5 Å². The summed E-state index contributed by atoms with van der Waals surface area (Å²) in [5.41, 5.74) is 7.04. The normalized spacial score (nSPS) is 16.9. The standard InChI is InChI=1S/C14H20FNO/c1-17-14-8-5-10(9-12(14)15)3-2-4-13(16)11-6-7-11/h5,8-9,11,13H,2-4,6-7,16H2,1H3. The molecule has 3 heteroatoms. The largest absolute Gasteiger partial charge is 0.494 e. The van der Waals surface area contributed by atoms with Crippen LogP contribution < -0.4 is 10.5 Å². The van der Waals surface area contributed by atoms with E-state index in [1.54, 1.807) is 12.1 Å². The molecule has 0 bridgehead atoms. The molecule has 1 saturated carbocycles. The quantitative estimate of drug-likeness (QED) is 0.825. The van der Waals surface area contributed by atoms with Crippen LogP contribution in [0, 0.1) is 11.7 Å². The maximum absolute atomic E-state index is 13.4. The summed E-state index contributed by atoms with van der Waals surface area (Å²) in [6, 6.07) is 5.51. The highest BCUT2D eigenvalue weighted by Gasteiger charge is 2.27. The molecule has 1 aromatic rings. The third kappa shape index (κ3) is 3.43. The second-order valence-electron chi connectivity index (χ2n) is 4.86. The Morgan fingerprint density at radius 3 is 2.82 bits per heavy atom. The molecule has 1 aromatic carbocycles. The zero-order valence-electron chi connectivity index (χ0n) is 10.3. The molecule has 0 radical (unpaired) electrons. The summed E-state index contributed by atoms with van der Waals surface area (Å²) in [7, 11) is 1.48. The van der Waals surface area contributed by atoms with Gasteiger partial charge in [-0.15, -0.1) is 0 Å². The second-order valence-corrected chi connectivity index (χ2v) is 4.86. The predicted octanol–water partition coefficient (Wildman–Crippen LogP) is 2.89. The summed E-state index contributed by atoms with van der Waals surface area (Å²) in [4.78, 5) is 0. The molecule has 17 heavy (non-hydrogen) atoms. The lowest BCUT2D eigenvalue weighted by atomic mass is 10.0. The lowest BCUT2D eigenvalue weighted by Gasteiger charge is -2.10. The highest BCUT2D eigenvalue weighted by Crippen LogP contribution is 2.33. The predicted molar refractivity (Wildman–Crippen MR) is 66.6 cm³/mol. The Labute approximate surface area is 102 Å². The van der Waals surface area contributed by atoms with Crippen molar-refractivity contribution in [3.8, 4) is 5.75 Å². The molecule has 94 valence electrons. The first-order valence-electron chi connectivity index (χ1n) is 6.28. The fourth-order valence-electron chi connectivity index (χ4n) is 2.17. The van der Waals surface area contributed by atoms with Crippen LogP contribution in [-0.2, 0) is 6.42 Å². The van der Waals surface area contributed by atoms with Crippen LogP contribution in [0.1, 0.15) is 31.2 Å². The SMILES string of the molecule is COc1ccc(CCCC(N)C2CC2)cc1F. The van der Waals surface area contributed by atoms with Gasteiger partial charge in [-0.1, -0.05) is 6.07 Å². The summed E-state index contributed by atoms with van der Waals surface area (Å²) in [5, 5.41) is 0. The van der Waals surface area contributed by atoms with E-state index in [0.29, 0.717) is 11.8 Å². The van der Waals surface area contributed by atoms with Crippen molar-refractivity contribution in [1.82, 2.24) is 0 Å². The van der Waals surface area contributed by atoms with E-state index in [0.717, 1.165) is 30.7 Å². The van der Waals surface area contributed by atoms with Crippen LogP contribution >= 0.6 is 0 Å². The van der Waals surface area contributed by atoms with Gasteiger partial charge in [-0.3, -0.25) is 0 Å². The van der Waals surface area contributed by atoms with E-state index in [4.69, 9.17) is 10.5 Å². The van der Waals surface area contributed by atoms with E-state index < -0.39 is 0 Å². The first-order valence-corrected chi connectivity index (χ1v) is 6.28. The van der Waals surface area contributed by atoms with E-state index in [1.807, 2.05) is 6.07 Å². The first-order chi connectivity index (χ1) is 8.20. The number of nitrogens with two attached hydrogens (primary N) is 1. The molecule has 0 amide bonds. The van der Waals surface area contributed by atoms with Gasteiger partial charge in [0.15, 0.2) is 11.6 Å².